The van der Waals surface area contributed by atoms with Crippen molar-refractivity contribution in [1.82, 2.24) is 0 Å². The first-order valence-electron chi connectivity index (χ1n) is 13.7. The lowest BCUT2D eigenvalue weighted by Gasteiger charge is -2.39. The predicted octanol–water partition coefficient (Wildman–Crippen LogP) is 9.06. The second kappa shape index (κ2) is 15.4. The van der Waals surface area contributed by atoms with Gasteiger partial charge in [-0.3, -0.25) is 0 Å². The number of hydrogen-bond acceptors (Lipinski definition) is 2. The van der Waals surface area contributed by atoms with Crippen LogP contribution in [0.3, 0.4) is 0 Å². The minimum atomic E-state index is -3.75. The van der Waals surface area contributed by atoms with Crippen LogP contribution in [-0.2, 0) is 15.4 Å². The van der Waals surface area contributed by atoms with Crippen molar-refractivity contribution in [2.45, 2.75) is 146 Å². The van der Waals surface area contributed by atoms with Crippen LogP contribution in [0, 0.1) is 0 Å². The Kier molecular flexibility index (Phi) is 13.4. The molecule has 3 nitrogen and oxygen atoms in total. The van der Waals surface area contributed by atoms with Crippen LogP contribution < -0.4 is 5.14 Å². The van der Waals surface area contributed by atoms with Crippen molar-refractivity contribution >= 4 is 21.6 Å². The first-order valence-corrected chi connectivity index (χ1v) is 15.6. The summed E-state index contributed by atoms with van der Waals surface area (Å²) in [5, 5.41) is 6.18. The number of sulfonamides is 1. The number of benzene rings is 1. The molecule has 2 rings (SSSR count). The van der Waals surface area contributed by atoms with Gasteiger partial charge in [0.2, 0.25) is 10.0 Å². The van der Waals surface area contributed by atoms with Crippen molar-refractivity contribution < 1.29 is 8.42 Å². The van der Waals surface area contributed by atoms with Gasteiger partial charge in [0.15, 0.2) is 0 Å². The molecule has 0 bridgehead atoms. The average Bonchev–Trinajstić information content (AvgIpc) is 2.79. The Morgan fingerprint density at radius 2 is 1.27 bits per heavy atom. The van der Waals surface area contributed by atoms with Crippen molar-refractivity contribution in [3.05, 3.63) is 28.8 Å². The summed E-state index contributed by atoms with van der Waals surface area (Å²) in [5.74, 6) is 0. The summed E-state index contributed by atoms with van der Waals surface area (Å²) < 4.78 is 24.6. The van der Waals surface area contributed by atoms with Crippen LogP contribution >= 0.6 is 11.6 Å². The normalized spacial score (nSPS) is 16.2. The molecule has 33 heavy (non-hydrogen) atoms. The smallest absolute Gasteiger partial charge is 0.225 e. The third-order valence-electron chi connectivity index (χ3n) is 7.64. The third kappa shape index (κ3) is 10.3. The zero-order valence-corrected chi connectivity index (χ0v) is 22.6. The molecule has 5 heteroatoms. The minimum Gasteiger partial charge on any atom is -0.225 e. The van der Waals surface area contributed by atoms with E-state index in [1.807, 2.05) is 6.07 Å². The van der Waals surface area contributed by atoms with Crippen LogP contribution in [0.2, 0.25) is 5.02 Å². The van der Waals surface area contributed by atoms with Gasteiger partial charge in [0.1, 0.15) is 0 Å². The average molecular weight is 498 g/mol. The van der Waals surface area contributed by atoms with Crippen LogP contribution in [0.1, 0.15) is 141 Å². The number of nitrogens with two attached hydrogens (primary N) is 1. The molecule has 1 saturated carbocycles. The molecule has 0 atom stereocenters. The molecule has 0 amide bonds. The van der Waals surface area contributed by atoms with Crippen molar-refractivity contribution in [1.29, 1.82) is 0 Å². The van der Waals surface area contributed by atoms with E-state index in [4.69, 9.17) is 16.7 Å². The molecule has 0 unspecified atom stereocenters. The molecule has 2 N–H and O–H groups in total. The van der Waals surface area contributed by atoms with Crippen molar-refractivity contribution in [3.8, 4) is 0 Å². The Labute approximate surface area is 209 Å². The molecule has 1 aromatic carbocycles. The van der Waals surface area contributed by atoms with Gasteiger partial charge in [-0.05, 0) is 48.4 Å². The molecule has 0 heterocycles. The van der Waals surface area contributed by atoms with Gasteiger partial charge in [-0.15, -0.1) is 0 Å². The van der Waals surface area contributed by atoms with Gasteiger partial charge in [0.25, 0.3) is 0 Å². The van der Waals surface area contributed by atoms with Crippen molar-refractivity contribution in [3.63, 3.8) is 0 Å². The SMILES string of the molecule is CCCCCCCCCCCCCCCCC1(c2cc(Cl)ccc2S(N)(=O)=O)CCCCC1. The molecule has 0 aliphatic heterocycles. The maximum Gasteiger partial charge on any atom is 0.238 e. The first-order chi connectivity index (χ1) is 15.9. The van der Waals surface area contributed by atoms with Gasteiger partial charge in [-0.1, -0.05) is 128 Å². The zero-order valence-electron chi connectivity index (χ0n) is 21.1. The van der Waals surface area contributed by atoms with E-state index in [1.54, 1.807) is 12.1 Å². The molecule has 1 aliphatic carbocycles. The Bertz CT molecular complexity index is 772. The number of primary sulfonamides is 1. The summed E-state index contributed by atoms with van der Waals surface area (Å²) in [6, 6.07) is 5.12. The summed E-state index contributed by atoms with van der Waals surface area (Å²) >= 11 is 6.30. The van der Waals surface area contributed by atoms with Crippen molar-refractivity contribution in [2.75, 3.05) is 0 Å². The van der Waals surface area contributed by atoms with Gasteiger partial charge < -0.3 is 0 Å². The molecule has 0 radical (unpaired) electrons. The lowest BCUT2D eigenvalue weighted by molar-refractivity contribution is 0.261. The van der Waals surface area contributed by atoms with E-state index in [0.29, 0.717) is 5.02 Å². The fraction of sp³-hybridized carbons (Fsp3) is 0.786. The van der Waals surface area contributed by atoms with Gasteiger partial charge in [-0.2, -0.15) is 0 Å². The van der Waals surface area contributed by atoms with E-state index in [-0.39, 0.29) is 10.3 Å². The van der Waals surface area contributed by atoms with Gasteiger partial charge >= 0.3 is 0 Å². The number of halogens is 1. The van der Waals surface area contributed by atoms with Crippen LogP contribution in [0.5, 0.6) is 0 Å². The van der Waals surface area contributed by atoms with E-state index in [2.05, 4.69) is 6.92 Å². The topological polar surface area (TPSA) is 60.2 Å². The van der Waals surface area contributed by atoms with Crippen LogP contribution in [-0.4, -0.2) is 8.42 Å². The minimum absolute atomic E-state index is 0.0952. The summed E-state index contributed by atoms with van der Waals surface area (Å²) in [4.78, 5) is 0.277. The Morgan fingerprint density at radius 1 is 0.788 bits per heavy atom. The fourth-order valence-corrected chi connectivity index (χ4v) is 6.72. The number of unbranched alkanes of at least 4 members (excludes halogenated alkanes) is 13. The summed E-state index contributed by atoms with van der Waals surface area (Å²) in [7, 11) is -3.75. The monoisotopic (exact) mass is 497 g/mol. The highest BCUT2D eigenvalue weighted by Gasteiger charge is 2.37. The highest BCUT2D eigenvalue weighted by Crippen LogP contribution is 2.46. The third-order valence-corrected chi connectivity index (χ3v) is 8.84. The fourth-order valence-electron chi connectivity index (χ4n) is 5.71. The molecular formula is C28H48ClNO2S. The first kappa shape index (κ1) is 28.7. The Morgan fingerprint density at radius 3 is 1.76 bits per heavy atom. The highest BCUT2D eigenvalue weighted by atomic mass is 35.5. The zero-order chi connectivity index (χ0) is 24.0. The van der Waals surface area contributed by atoms with Gasteiger partial charge in [-0.25, -0.2) is 13.6 Å². The van der Waals surface area contributed by atoms with E-state index in [9.17, 15) is 8.42 Å². The highest BCUT2D eigenvalue weighted by molar-refractivity contribution is 7.89. The lowest BCUT2D eigenvalue weighted by Crippen LogP contribution is -2.32. The van der Waals surface area contributed by atoms with E-state index >= 15 is 0 Å². The van der Waals surface area contributed by atoms with E-state index in [1.165, 1.54) is 89.9 Å². The van der Waals surface area contributed by atoms with Gasteiger partial charge in [0.05, 0.1) is 4.90 Å². The summed E-state index contributed by atoms with van der Waals surface area (Å²) in [6.45, 7) is 2.28. The molecule has 1 aliphatic rings. The number of rotatable bonds is 17. The molecule has 0 aromatic heterocycles. The lowest BCUT2D eigenvalue weighted by atomic mass is 9.66. The van der Waals surface area contributed by atoms with Crippen LogP contribution in [0.4, 0.5) is 0 Å². The van der Waals surface area contributed by atoms with Crippen LogP contribution in [0.25, 0.3) is 0 Å². The molecule has 190 valence electrons. The molecule has 1 fully saturated rings. The van der Waals surface area contributed by atoms with Crippen molar-refractivity contribution in [2.24, 2.45) is 5.14 Å². The van der Waals surface area contributed by atoms with E-state index in [0.717, 1.165) is 44.1 Å². The largest absolute Gasteiger partial charge is 0.238 e. The number of hydrogen-bond donors (Lipinski definition) is 1. The molecular weight excluding hydrogens is 450 g/mol. The summed E-state index contributed by atoms with van der Waals surface area (Å²) in [5.41, 5.74) is 0.772. The predicted molar refractivity (Wildman–Crippen MR) is 143 cm³/mol. The van der Waals surface area contributed by atoms with E-state index < -0.39 is 10.0 Å². The summed E-state index contributed by atoms with van der Waals surface area (Å²) in [6.07, 6.45) is 25.5. The standard InChI is InChI=1S/C28H48ClNO2S/c1-2-3-4-5-6-7-8-9-10-11-12-13-14-16-21-28(22-17-15-18-23-28)26-24-25(29)19-20-27(26)33(30,31)32/h19-20,24H,2-18,21-23H2,1H3,(H2,30,31,32). The van der Waals surface area contributed by atoms with Crippen LogP contribution in [0.15, 0.2) is 23.1 Å². The second-order valence-electron chi connectivity index (χ2n) is 10.4. The molecule has 1 aromatic rings. The maximum atomic E-state index is 12.3. The second-order valence-corrected chi connectivity index (χ2v) is 12.3. The molecule has 0 spiro atoms. The maximum absolute atomic E-state index is 12.3. The van der Waals surface area contributed by atoms with Gasteiger partial charge in [0, 0.05) is 5.02 Å². The molecule has 0 saturated heterocycles. The Hall–Kier alpha value is -0.580. The quantitative estimate of drug-likeness (QED) is 0.218. The Balaban J connectivity index is 1.73.